The highest BCUT2D eigenvalue weighted by molar-refractivity contribution is 6.02. The SMILES string of the molecule is O=C(Nc1ccc(-c2cnc(-c3ccc(NC(=O)C4CCCN4C(=O)c4ccncc4)cc3)o2)cc1)C1CCCN1C(=O)c1ccncc1. The van der Waals surface area contributed by atoms with Crippen molar-refractivity contribution in [3.8, 4) is 22.8 Å². The summed E-state index contributed by atoms with van der Waals surface area (Å²) in [5.41, 5.74) is 3.73. The summed E-state index contributed by atoms with van der Waals surface area (Å²) in [5, 5.41) is 5.87. The first-order valence-corrected chi connectivity index (χ1v) is 16.1. The van der Waals surface area contributed by atoms with Crippen molar-refractivity contribution in [1.29, 1.82) is 0 Å². The molecule has 2 aliphatic rings. The molecule has 12 nitrogen and oxygen atoms in total. The fraction of sp³-hybridized carbons (Fsp3) is 0.216. The molecule has 5 aromatic rings. The maximum Gasteiger partial charge on any atom is 0.254 e. The summed E-state index contributed by atoms with van der Waals surface area (Å²) in [6, 6.07) is 19.9. The number of hydrogen-bond donors (Lipinski definition) is 2. The van der Waals surface area contributed by atoms with E-state index in [4.69, 9.17) is 4.42 Å². The van der Waals surface area contributed by atoms with E-state index in [0.717, 1.165) is 24.0 Å². The molecule has 246 valence electrons. The van der Waals surface area contributed by atoms with Gasteiger partial charge in [0.2, 0.25) is 17.7 Å². The first kappa shape index (κ1) is 31.4. The molecule has 7 rings (SSSR count). The average Bonchev–Trinajstić information content (AvgIpc) is 3.94. The second-order valence-electron chi connectivity index (χ2n) is 11.9. The van der Waals surface area contributed by atoms with Gasteiger partial charge in [-0.25, -0.2) is 4.98 Å². The summed E-state index contributed by atoms with van der Waals surface area (Å²) in [7, 11) is 0. The maximum absolute atomic E-state index is 13.1. The van der Waals surface area contributed by atoms with Crippen molar-refractivity contribution in [3.05, 3.63) is 115 Å². The third kappa shape index (κ3) is 6.79. The number of benzene rings is 2. The molecule has 4 amide bonds. The minimum atomic E-state index is -0.548. The van der Waals surface area contributed by atoms with Crippen LogP contribution in [0.1, 0.15) is 46.4 Å². The highest BCUT2D eigenvalue weighted by atomic mass is 16.4. The topological polar surface area (TPSA) is 151 Å². The van der Waals surface area contributed by atoms with Gasteiger partial charge in [0.25, 0.3) is 11.8 Å². The van der Waals surface area contributed by atoms with Gasteiger partial charge in [-0.05, 0) is 98.5 Å². The molecule has 0 aliphatic carbocycles. The molecule has 0 saturated carbocycles. The Kier molecular flexibility index (Phi) is 8.92. The van der Waals surface area contributed by atoms with E-state index < -0.39 is 12.1 Å². The molecule has 2 aromatic carbocycles. The fourth-order valence-electron chi connectivity index (χ4n) is 6.29. The van der Waals surface area contributed by atoms with Crippen molar-refractivity contribution < 1.29 is 23.6 Å². The van der Waals surface area contributed by atoms with Crippen LogP contribution in [-0.4, -0.2) is 73.6 Å². The molecule has 3 aromatic heterocycles. The van der Waals surface area contributed by atoms with Gasteiger partial charge in [-0.15, -0.1) is 0 Å². The third-order valence-corrected chi connectivity index (χ3v) is 8.83. The van der Waals surface area contributed by atoms with Gasteiger partial charge in [0, 0.05) is 71.5 Å². The predicted octanol–water partition coefficient (Wildman–Crippen LogP) is 5.29. The van der Waals surface area contributed by atoms with E-state index in [0.29, 0.717) is 60.1 Å². The number of carbonyl (C=O) groups excluding carboxylic acids is 4. The lowest BCUT2D eigenvalue weighted by Gasteiger charge is -2.24. The van der Waals surface area contributed by atoms with Crippen LogP contribution in [0.4, 0.5) is 11.4 Å². The number of pyridine rings is 2. The predicted molar refractivity (Wildman–Crippen MR) is 181 cm³/mol. The Labute approximate surface area is 282 Å². The lowest BCUT2D eigenvalue weighted by Crippen LogP contribution is -2.43. The fourth-order valence-corrected chi connectivity index (χ4v) is 6.29. The van der Waals surface area contributed by atoms with Crippen molar-refractivity contribution in [3.63, 3.8) is 0 Å². The second-order valence-corrected chi connectivity index (χ2v) is 11.9. The van der Waals surface area contributed by atoms with Crippen LogP contribution in [-0.2, 0) is 9.59 Å². The summed E-state index contributed by atoms with van der Waals surface area (Å²) in [6.07, 6.45) is 10.6. The molecule has 0 radical (unpaired) electrons. The number of carbonyl (C=O) groups is 4. The number of anilines is 2. The van der Waals surface area contributed by atoms with Crippen molar-refractivity contribution in [1.82, 2.24) is 24.8 Å². The lowest BCUT2D eigenvalue weighted by molar-refractivity contribution is -0.120. The smallest absolute Gasteiger partial charge is 0.254 e. The molecule has 2 N–H and O–H groups in total. The molecule has 12 heteroatoms. The molecular weight excluding hydrogens is 622 g/mol. The van der Waals surface area contributed by atoms with Gasteiger partial charge >= 0.3 is 0 Å². The molecule has 2 fully saturated rings. The van der Waals surface area contributed by atoms with E-state index in [9.17, 15) is 19.2 Å². The zero-order valence-electron chi connectivity index (χ0n) is 26.5. The van der Waals surface area contributed by atoms with Gasteiger partial charge in [-0.3, -0.25) is 29.1 Å². The van der Waals surface area contributed by atoms with E-state index >= 15 is 0 Å². The number of likely N-dealkylation sites (tertiary alicyclic amines) is 2. The van der Waals surface area contributed by atoms with Crippen LogP contribution in [0.25, 0.3) is 22.8 Å². The number of aromatic nitrogens is 3. The number of rotatable bonds is 8. The van der Waals surface area contributed by atoms with Gasteiger partial charge in [0.1, 0.15) is 12.1 Å². The van der Waals surface area contributed by atoms with E-state index in [1.165, 1.54) is 0 Å². The van der Waals surface area contributed by atoms with Crippen LogP contribution < -0.4 is 10.6 Å². The summed E-state index contributed by atoms with van der Waals surface area (Å²) in [4.78, 5) is 67.8. The highest BCUT2D eigenvalue weighted by Gasteiger charge is 2.35. The quantitative estimate of drug-likeness (QED) is 0.229. The Hall–Kier alpha value is -6.17. The maximum atomic E-state index is 13.1. The van der Waals surface area contributed by atoms with E-state index in [2.05, 4.69) is 25.6 Å². The van der Waals surface area contributed by atoms with Crippen LogP contribution in [0.5, 0.6) is 0 Å². The van der Waals surface area contributed by atoms with Crippen molar-refractivity contribution >= 4 is 35.0 Å². The molecule has 0 spiro atoms. The molecule has 2 atom stereocenters. The first-order valence-electron chi connectivity index (χ1n) is 16.1. The summed E-state index contributed by atoms with van der Waals surface area (Å²) in [5.74, 6) is 0.144. The monoisotopic (exact) mass is 655 g/mol. The van der Waals surface area contributed by atoms with Crippen LogP contribution in [0, 0.1) is 0 Å². The first-order chi connectivity index (χ1) is 23.9. The van der Waals surface area contributed by atoms with Crippen LogP contribution in [0.3, 0.4) is 0 Å². The van der Waals surface area contributed by atoms with Gasteiger partial charge in [0.05, 0.1) is 6.20 Å². The van der Waals surface area contributed by atoms with E-state index in [-0.39, 0.29) is 23.6 Å². The third-order valence-electron chi connectivity index (χ3n) is 8.83. The van der Waals surface area contributed by atoms with Crippen LogP contribution in [0.15, 0.2) is 108 Å². The number of oxazole rings is 1. The number of amides is 4. The molecule has 0 bridgehead atoms. The Morgan fingerprint density at radius 2 is 1.06 bits per heavy atom. The molecule has 2 saturated heterocycles. The minimum Gasteiger partial charge on any atom is -0.436 e. The Bertz CT molecular complexity index is 1820. The summed E-state index contributed by atoms with van der Waals surface area (Å²) >= 11 is 0. The van der Waals surface area contributed by atoms with Crippen LogP contribution >= 0.6 is 0 Å². The Morgan fingerprint density at radius 3 is 1.53 bits per heavy atom. The highest BCUT2D eigenvalue weighted by Crippen LogP contribution is 2.29. The molecular formula is C37H33N7O5. The van der Waals surface area contributed by atoms with Gasteiger partial charge in [-0.2, -0.15) is 0 Å². The van der Waals surface area contributed by atoms with Crippen molar-refractivity contribution in [2.75, 3.05) is 23.7 Å². The lowest BCUT2D eigenvalue weighted by atomic mass is 10.1. The van der Waals surface area contributed by atoms with Crippen molar-refractivity contribution in [2.45, 2.75) is 37.8 Å². The summed E-state index contributed by atoms with van der Waals surface area (Å²) < 4.78 is 6.04. The summed E-state index contributed by atoms with van der Waals surface area (Å²) in [6.45, 7) is 1.05. The molecule has 5 heterocycles. The molecule has 2 unspecified atom stereocenters. The van der Waals surface area contributed by atoms with Gasteiger partial charge in [-0.1, -0.05) is 0 Å². The molecule has 2 aliphatic heterocycles. The zero-order chi connectivity index (χ0) is 33.7. The standard InChI is InChI=1S/C37H33N7O5/c45-33(30-3-1-21-43(30)36(47)26-13-17-38-18-14-26)41-28-9-5-24(6-10-28)32-23-40-35(49-32)25-7-11-29(12-8-25)42-34(46)31-4-2-22-44(31)37(48)27-15-19-39-20-16-27/h5-20,23,30-31H,1-4,21-22H2,(H,41,45)(H,42,46). The normalized spacial score (nSPS) is 17.1. The van der Waals surface area contributed by atoms with Crippen LogP contribution in [0.2, 0.25) is 0 Å². The molecule has 49 heavy (non-hydrogen) atoms. The Morgan fingerprint density at radius 1 is 0.612 bits per heavy atom. The minimum absolute atomic E-state index is 0.179. The largest absolute Gasteiger partial charge is 0.436 e. The number of nitrogens with one attached hydrogen (secondary N) is 2. The zero-order valence-corrected chi connectivity index (χ0v) is 26.5. The van der Waals surface area contributed by atoms with E-state index in [1.807, 2.05) is 24.3 Å². The average molecular weight is 656 g/mol. The van der Waals surface area contributed by atoms with Gasteiger partial charge in [0.15, 0.2) is 5.76 Å². The number of hydrogen-bond acceptors (Lipinski definition) is 8. The number of nitrogens with zero attached hydrogens (tertiary/aromatic N) is 5. The van der Waals surface area contributed by atoms with Gasteiger partial charge < -0.3 is 24.9 Å². The van der Waals surface area contributed by atoms with Crippen molar-refractivity contribution in [2.24, 2.45) is 0 Å². The van der Waals surface area contributed by atoms with E-state index in [1.54, 1.807) is 89.3 Å². The Balaban J connectivity index is 0.952. The second kappa shape index (κ2) is 13.9.